The molecule has 0 bridgehead atoms. The molecule has 0 radical (unpaired) electrons. The van der Waals surface area contributed by atoms with Crippen LogP contribution in [0.4, 0.5) is 0 Å². The van der Waals surface area contributed by atoms with Gasteiger partial charge in [0.2, 0.25) is 5.91 Å². The summed E-state index contributed by atoms with van der Waals surface area (Å²) in [5, 5.41) is 1.21. The predicted molar refractivity (Wildman–Crippen MR) is 105 cm³/mol. The zero-order valence-corrected chi connectivity index (χ0v) is 17.1. The highest BCUT2D eigenvalue weighted by Gasteiger charge is 2.29. The smallest absolute Gasteiger partial charge is 0.262 e. The Morgan fingerprint density at radius 3 is 2.80 bits per heavy atom. The molecule has 1 aliphatic rings. The average Bonchev–Trinajstić information content (AvgIpc) is 3.40. The molecule has 25 heavy (non-hydrogen) atoms. The third kappa shape index (κ3) is 4.26. The second-order valence-electron chi connectivity index (χ2n) is 6.89. The van der Waals surface area contributed by atoms with E-state index < -0.39 is 0 Å². The summed E-state index contributed by atoms with van der Waals surface area (Å²) in [6.07, 6.45) is 2.18. The first kappa shape index (κ1) is 18.5. The molecule has 2 aromatic rings. The van der Waals surface area contributed by atoms with Crippen molar-refractivity contribution in [1.82, 2.24) is 14.5 Å². The number of hydrogen-bond donors (Lipinski definition) is 0. The molecule has 7 heteroatoms. The third-order valence-corrected chi connectivity index (χ3v) is 5.70. The Bertz CT molecular complexity index is 861. The third-order valence-electron chi connectivity index (χ3n) is 4.24. The normalized spacial score (nSPS) is 14.3. The van der Waals surface area contributed by atoms with Crippen molar-refractivity contribution in [3.63, 3.8) is 0 Å². The van der Waals surface area contributed by atoms with Gasteiger partial charge in [-0.25, -0.2) is 4.98 Å². The standard InChI is InChI=1S/C18H22BrN3O2S/c1-11(2)9-22-17(24)14-8-12(19)4-7-15(14)20-18(22)25-10-16(23)21(3)13-5-6-13/h4,7-8,11,13H,5-6,9-10H2,1-3H3. The van der Waals surface area contributed by atoms with Crippen molar-refractivity contribution in [2.45, 2.75) is 44.4 Å². The van der Waals surface area contributed by atoms with Crippen LogP contribution in [0.5, 0.6) is 0 Å². The van der Waals surface area contributed by atoms with Gasteiger partial charge in [-0.3, -0.25) is 14.2 Å². The van der Waals surface area contributed by atoms with Crippen molar-refractivity contribution in [2.24, 2.45) is 5.92 Å². The molecule has 0 spiro atoms. The number of fused-ring (bicyclic) bond motifs is 1. The number of halogens is 1. The molecule has 1 aromatic heterocycles. The van der Waals surface area contributed by atoms with Crippen LogP contribution in [0.25, 0.3) is 10.9 Å². The fraction of sp³-hybridized carbons (Fsp3) is 0.500. The first-order valence-electron chi connectivity index (χ1n) is 8.45. The van der Waals surface area contributed by atoms with E-state index in [2.05, 4.69) is 34.8 Å². The van der Waals surface area contributed by atoms with Crippen LogP contribution in [0.1, 0.15) is 26.7 Å². The number of thioether (sulfide) groups is 1. The minimum atomic E-state index is -0.0505. The molecule has 1 amide bonds. The van der Waals surface area contributed by atoms with Gasteiger partial charge in [0.25, 0.3) is 5.56 Å². The average molecular weight is 424 g/mol. The summed E-state index contributed by atoms with van der Waals surface area (Å²) in [7, 11) is 1.85. The molecule has 0 saturated heterocycles. The van der Waals surface area contributed by atoms with Gasteiger partial charge in [0.1, 0.15) is 0 Å². The maximum absolute atomic E-state index is 12.9. The zero-order valence-electron chi connectivity index (χ0n) is 14.7. The van der Waals surface area contributed by atoms with E-state index in [0.717, 1.165) is 17.3 Å². The van der Waals surface area contributed by atoms with Crippen LogP contribution in [0, 0.1) is 5.92 Å². The van der Waals surface area contributed by atoms with Gasteiger partial charge in [-0.1, -0.05) is 41.5 Å². The first-order chi connectivity index (χ1) is 11.9. The van der Waals surface area contributed by atoms with E-state index in [1.54, 1.807) is 4.57 Å². The predicted octanol–water partition coefficient (Wildman–Crippen LogP) is 3.53. The van der Waals surface area contributed by atoms with Gasteiger partial charge >= 0.3 is 0 Å². The minimum absolute atomic E-state index is 0.0505. The summed E-state index contributed by atoms with van der Waals surface area (Å²) in [4.78, 5) is 31.7. The largest absolute Gasteiger partial charge is 0.342 e. The van der Waals surface area contributed by atoms with Crippen LogP contribution < -0.4 is 5.56 Å². The second-order valence-corrected chi connectivity index (χ2v) is 8.75. The minimum Gasteiger partial charge on any atom is -0.342 e. The Morgan fingerprint density at radius 1 is 1.44 bits per heavy atom. The van der Waals surface area contributed by atoms with Gasteiger partial charge in [-0.05, 0) is 37.0 Å². The number of benzene rings is 1. The van der Waals surface area contributed by atoms with Gasteiger partial charge in [0.15, 0.2) is 5.16 Å². The topological polar surface area (TPSA) is 55.2 Å². The van der Waals surface area contributed by atoms with Crippen LogP contribution in [0.2, 0.25) is 0 Å². The quantitative estimate of drug-likeness (QED) is 0.526. The summed E-state index contributed by atoms with van der Waals surface area (Å²) in [6, 6.07) is 5.92. The highest BCUT2D eigenvalue weighted by atomic mass is 79.9. The lowest BCUT2D eigenvalue weighted by molar-refractivity contribution is -0.127. The van der Waals surface area contributed by atoms with E-state index in [0.29, 0.717) is 40.3 Å². The molecule has 134 valence electrons. The molecule has 1 aromatic carbocycles. The number of nitrogens with zero attached hydrogens (tertiary/aromatic N) is 3. The lowest BCUT2D eigenvalue weighted by atomic mass is 10.2. The van der Waals surface area contributed by atoms with E-state index in [9.17, 15) is 9.59 Å². The van der Waals surface area contributed by atoms with Gasteiger partial charge < -0.3 is 4.90 Å². The molecule has 1 aliphatic carbocycles. The Labute approximate surface area is 159 Å². The van der Waals surface area contributed by atoms with Gasteiger partial charge in [0.05, 0.1) is 16.7 Å². The summed E-state index contributed by atoms with van der Waals surface area (Å²) in [5.74, 6) is 0.710. The molecular formula is C18H22BrN3O2S. The van der Waals surface area contributed by atoms with Crippen molar-refractivity contribution in [3.05, 3.63) is 33.0 Å². The molecule has 1 heterocycles. The molecule has 5 nitrogen and oxygen atoms in total. The number of carbonyl (C=O) groups is 1. The SMILES string of the molecule is CC(C)Cn1c(SCC(=O)N(C)C2CC2)nc2ccc(Br)cc2c1=O. The van der Waals surface area contributed by atoms with E-state index in [4.69, 9.17) is 0 Å². The monoisotopic (exact) mass is 423 g/mol. The van der Waals surface area contributed by atoms with Crippen molar-refractivity contribution >= 4 is 44.5 Å². The lowest BCUT2D eigenvalue weighted by Gasteiger charge is -2.18. The zero-order chi connectivity index (χ0) is 18.1. The number of aromatic nitrogens is 2. The van der Waals surface area contributed by atoms with Crippen molar-refractivity contribution in [1.29, 1.82) is 0 Å². The van der Waals surface area contributed by atoms with E-state index in [-0.39, 0.29) is 11.5 Å². The molecule has 1 saturated carbocycles. The van der Waals surface area contributed by atoms with Crippen molar-refractivity contribution in [2.75, 3.05) is 12.8 Å². The van der Waals surface area contributed by atoms with Crippen LogP contribution in [0.15, 0.2) is 32.6 Å². The number of carbonyl (C=O) groups excluding carboxylic acids is 1. The van der Waals surface area contributed by atoms with E-state index in [1.807, 2.05) is 30.1 Å². The van der Waals surface area contributed by atoms with Crippen molar-refractivity contribution in [3.8, 4) is 0 Å². The summed E-state index contributed by atoms with van der Waals surface area (Å²) in [5.41, 5.74) is 0.615. The van der Waals surface area contributed by atoms with E-state index >= 15 is 0 Å². The number of hydrogen-bond acceptors (Lipinski definition) is 4. The Morgan fingerprint density at radius 2 is 2.16 bits per heavy atom. The van der Waals surface area contributed by atoms with Gasteiger partial charge in [-0.2, -0.15) is 0 Å². The fourth-order valence-corrected chi connectivity index (χ4v) is 4.00. The van der Waals surface area contributed by atoms with Crippen LogP contribution in [-0.4, -0.2) is 39.2 Å². The summed E-state index contributed by atoms with van der Waals surface area (Å²) in [6.45, 7) is 4.72. The van der Waals surface area contributed by atoms with Crippen LogP contribution in [-0.2, 0) is 11.3 Å². The number of amides is 1. The first-order valence-corrected chi connectivity index (χ1v) is 10.2. The maximum atomic E-state index is 12.9. The van der Waals surface area contributed by atoms with Crippen LogP contribution >= 0.6 is 27.7 Å². The molecule has 0 unspecified atom stereocenters. The molecule has 0 atom stereocenters. The van der Waals surface area contributed by atoms with Crippen LogP contribution in [0.3, 0.4) is 0 Å². The molecule has 0 N–H and O–H groups in total. The highest BCUT2D eigenvalue weighted by molar-refractivity contribution is 9.10. The van der Waals surface area contributed by atoms with Gasteiger partial charge in [0, 0.05) is 24.1 Å². The molecule has 3 rings (SSSR count). The molecule has 1 fully saturated rings. The highest BCUT2D eigenvalue weighted by Crippen LogP contribution is 2.27. The Hall–Kier alpha value is -1.34. The second kappa shape index (κ2) is 7.50. The Kier molecular flexibility index (Phi) is 5.53. The molecular weight excluding hydrogens is 402 g/mol. The van der Waals surface area contributed by atoms with Gasteiger partial charge in [-0.15, -0.1) is 0 Å². The summed E-state index contributed by atoms with van der Waals surface area (Å²) >= 11 is 4.77. The van der Waals surface area contributed by atoms with Crippen molar-refractivity contribution < 1.29 is 4.79 Å². The Balaban J connectivity index is 1.93. The fourth-order valence-electron chi connectivity index (χ4n) is 2.70. The number of rotatable bonds is 6. The van der Waals surface area contributed by atoms with E-state index in [1.165, 1.54) is 11.8 Å². The molecule has 0 aliphatic heterocycles. The maximum Gasteiger partial charge on any atom is 0.262 e. The summed E-state index contributed by atoms with van der Waals surface area (Å²) < 4.78 is 2.56. The lowest BCUT2D eigenvalue weighted by Crippen LogP contribution is -2.31.